The molecule has 3 aromatic carbocycles. The molecular weight excluding hydrogens is 376 g/mol. The van der Waals surface area contributed by atoms with E-state index in [0.29, 0.717) is 6.54 Å². The summed E-state index contributed by atoms with van der Waals surface area (Å²) in [6, 6.07) is 24.3. The number of hydrogen-bond donors (Lipinski definition) is 1. The minimum absolute atomic E-state index is 0.278. The van der Waals surface area contributed by atoms with E-state index in [9.17, 15) is 5.11 Å². The number of aliphatic hydroxyl groups is 1. The zero-order valence-corrected chi connectivity index (χ0v) is 16.9. The SMILES string of the molecule is O[C@H](COc1ccc2oc3ccccc3c2c1)CN1CCN(c2ccccc2)CC1. The minimum atomic E-state index is -0.523. The average molecular weight is 402 g/mol. The third-order valence-corrected chi connectivity index (χ3v) is 5.75. The number of hydrogen-bond acceptors (Lipinski definition) is 5. The van der Waals surface area contributed by atoms with Crippen LogP contribution < -0.4 is 9.64 Å². The molecule has 4 aromatic rings. The van der Waals surface area contributed by atoms with Gasteiger partial charge in [0, 0.05) is 49.2 Å². The molecule has 0 radical (unpaired) electrons. The van der Waals surface area contributed by atoms with Gasteiger partial charge in [0.1, 0.15) is 29.6 Å². The molecule has 5 rings (SSSR count). The first-order valence-electron chi connectivity index (χ1n) is 10.5. The van der Waals surface area contributed by atoms with Gasteiger partial charge in [-0.05, 0) is 36.4 Å². The Morgan fingerprint density at radius 2 is 1.57 bits per heavy atom. The Kier molecular flexibility index (Phi) is 5.30. The van der Waals surface area contributed by atoms with Crippen LogP contribution in [0.4, 0.5) is 5.69 Å². The Morgan fingerprint density at radius 3 is 2.40 bits per heavy atom. The molecule has 1 aromatic heterocycles. The van der Waals surface area contributed by atoms with Crippen molar-refractivity contribution in [3.8, 4) is 5.75 Å². The third kappa shape index (κ3) is 3.99. The van der Waals surface area contributed by atoms with Gasteiger partial charge in [0.2, 0.25) is 0 Å². The van der Waals surface area contributed by atoms with E-state index in [0.717, 1.165) is 53.9 Å². The van der Waals surface area contributed by atoms with Gasteiger partial charge in [0.05, 0.1) is 0 Å². The largest absolute Gasteiger partial charge is 0.491 e. The average Bonchev–Trinajstić information content (AvgIpc) is 3.17. The topological polar surface area (TPSA) is 49.1 Å². The highest BCUT2D eigenvalue weighted by molar-refractivity contribution is 6.05. The fraction of sp³-hybridized carbons (Fsp3) is 0.280. The molecule has 1 N–H and O–H groups in total. The normalized spacial score (nSPS) is 16.2. The Labute approximate surface area is 176 Å². The molecule has 0 amide bonds. The van der Waals surface area contributed by atoms with E-state index >= 15 is 0 Å². The van der Waals surface area contributed by atoms with Crippen LogP contribution in [0.15, 0.2) is 77.2 Å². The molecule has 0 bridgehead atoms. The van der Waals surface area contributed by atoms with Crippen molar-refractivity contribution in [1.82, 2.24) is 4.90 Å². The summed E-state index contributed by atoms with van der Waals surface area (Å²) in [4.78, 5) is 4.70. The van der Waals surface area contributed by atoms with E-state index in [2.05, 4.69) is 40.1 Å². The third-order valence-electron chi connectivity index (χ3n) is 5.75. The molecule has 2 heterocycles. The molecular formula is C25H26N2O3. The van der Waals surface area contributed by atoms with E-state index in [1.165, 1.54) is 5.69 Å². The van der Waals surface area contributed by atoms with Gasteiger partial charge in [0.15, 0.2) is 0 Å². The van der Waals surface area contributed by atoms with E-state index in [1.807, 2.05) is 42.5 Å². The lowest BCUT2D eigenvalue weighted by molar-refractivity contribution is 0.0663. The van der Waals surface area contributed by atoms with E-state index in [4.69, 9.17) is 9.15 Å². The monoisotopic (exact) mass is 402 g/mol. The fourth-order valence-electron chi connectivity index (χ4n) is 4.17. The van der Waals surface area contributed by atoms with Crippen molar-refractivity contribution in [2.75, 3.05) is 44.2 Å². The first-order chi connectivity index (χ1) is 14.8. The molecule has 0 unspecified atom stereocenters. The number of benzene rings is 3. The van der Waals surface area contributed by atoms with E-state index in [-0.39, 0.29) is 6.61 Å². The standard InChI is InChI=1S/C25H26N2O3/c28-20(17-26-12-14-27(15-13-26)19-6-2-1-3-7-19)18-29-21-10-11-25-23(16-21)22-8-4-5-9-24(22)30-25/h1-11,16,20,28H,12-15,17-18H2/t20-/m0/s1. The number of β-amino-alcohol motifs (C(OH)–C–C–N with tert-alkyl or cyclic N) is 1. The Balaban J connectivity index is 1.15. The number of aliphatic hydroxyl groups excluding tert-OH is 1. The van der Waals surface area contributed by atoms with Gasteiger partial charge in [0.25, 0.3) is 0 Å². The molecule has 1 atom stereocenters. The molecule has 154 valence electrons. The highest BCUT2D eigenvalue weighted by Gasteiger charge is 2.19. The van der Waals surface area contributed by atoms with Crippen LogP contribution in [0.3, 0.4) is 0 Å². The molecule has 5 nitrogen and oxygen atoms in total. The maximum absolute atomic E-state index is 10.5. The lowest BCUT2D eigenvalue weighted by Gasteiger charge is -2.36. The van der Waals surface area contributed by atoms with Gasteiger partial charge in [-0.3, -0.25) is 4.90 Å². The zero-order valence-electron chi connectivity index (χ0n) is 16.9. The van der Waals surface area contributed by atoms with Crippen molar-refractivity contribution in [3.63, 3.8) is 0 Å². The van der Waals surface area contributed by atoms with Crippen molar-refractivity contribution in [1.29, 1.82) is 0 Å². The number of anilines is 1. The van der Waals surface area contributed by atoms with Crippen LogP contribution in [-0.2, 0) is 0 Å². The van der Waals surface area contributed by atoms with Gasteiger partial charge < -0.3 is 19.2 Å². The molecule has 0 saturated carbocycles. The highest BCUT2D eigenvalue weighted by Crippen LogP contribution is 2.31. The summed E-state index contributed by atoms with van der Waals surface area (Å²) in [7, 11) is 0. The van der Waals surface area contributed by atoms with Crippen molar-refractivity contribution >= 4 is 27.6 Å². The van der Waals surface area contributed by atoms with Crippen molar-refractivity contribution < 1.29 is 14.3 Å². The summed E-state index contributed by atoms with van der Waals surface area (Å²) >= 11 is 0. The second-order valence-corrected chi connectivity index (χ2v) is 7.84. The fourth-order valence-corrected chi connectivity index (χ4v) is 4.17. The van der Waals surface area contributed by atoms with Crippen LogP contribution in [0.25, 0.3) is 21.9 Å². The molecule has 0 aliphatic carbocycles. The molecule has 0 spiro atoms. The van der Waals surface area contributed by atoms with Crippen LogP contribution in [-0.4, -0.2) is 55.4 Å². The van der Waals surface area contributed by atoms with Crippen LogP contribution in [0.5, 0.6) is 5.75 Å². The smallest absolute Gasteiger partial charge is 0.135 e. The second kappa shape index (κ2) is 8.38. The molecule has 1 saturated heterocycles. The predicted molar refractivity (Wildman–Crippen MR) is 120 cm³/mol. The Morgan fingerprint density at radius 1 is 0.833 bits per heavy atom. The molecule has 30 heavy (non-hydrogen) atoms. The van der Waals surface area contributed by atoms with Gasteiger partial charge in [-0.15, -0.1) is 0 Å². The van der Waals surface area contributed by atoms with Crippen molar-refractivity contribution in [3.05, 3.63) is 72.8 Å². The number of fused-ring (bicyclic) bond motifs is 3. The summed E-state index contributed by atoms with van der Waals surface area (Å²) in [5, 5.41) is 12.6. The van der Waals surface area contributed by atoms with Crippen molar-refractivity contribution in [2.45, 2.75) is 6.10 Å². The first kappa shape index (κ1) is 19.0. The van der Waals surface area contributed by atoms with Crippen LogP contribution >= 0.6 is 0 Å². The maximum Gasteiger partial charge on any atom is 0.135 e. The lowest BCUT2D eigenvalue weighted by Crippen LogP contribution is -2.49. The number of nitrogens with zero attached hydrogens (tertiary/aromatic N) is 2. The van der Waals surface area contributed by atoms with Crippen LogP contribution in [0.1, 0.15) is 0 Å². The summed E-state index contributed by atoms with van der Waals surface area (Å²) < 4.78 is 11.8. The van der Waals surface area contributed by atoms with Crippen LogP contribution in [0.2, 0.25) is 0 Å². The number of furan rings is 1. The quantitative estimate of drug-likeness (QED) is 0.525. The van der Waals surface area contributed by atoms with E-state index < -0.39 is 6.10 Å². The summed E-state index contributed by atoms with van der Waals surface area (Å²) in [5.41, 5.74) is 2.99. The lowest BCUT2D eigenvalue weighted by atomic mass is 10.1. The van der Waals surface area contributed by atoms with Gasteiger partial charge in [-0.1, -0.05) is 36.4 Å². The molecule has 1 aliphatic heterocycles. The summed E-state index contributed by atoms with van der Waals surface area (Å²) in [5.74, 6) is 0.752. The van der Waals surface area contributed by atoms with Gasteiger partial charge >= 0.3 is 0 Å². The predicted octanol–water partition coefficient (Wildman–Crippen LogP) is 4.15. The van der Waals surface area contributed by atoms with Gasteiger partial charge in [-0.2, -0.15) is 0 Å². The summed E-state index contributed by atoms with van der Waals surface area (Å²) in [6.07, 6.45) is -0.523. The second-order valence-electron chi connectivity index (χ2n) is 7.84. The first-order valence-corrected chi connectivity index (χ1v) is 10.5. The summed E-state index contributed by atoms with van der Waals surface area (Å²) in [6.45, 7) is 4.74. The molecule has 5 heteroatoms. The van der Waals surface area contributed by atoms with E-state index in [1.54, 1.807) is 0 Å². The number of piperazine rings is 1. The number of ether oxygens (including phenoxy) is 1. The molecule has 1 aliphatic rings. The van der Waals surface area contributed by atoms with Crippen molar-refractivity contribution in [2.24, 2.45) is 0 Å². The number of para-hydroxylation sites is 2. The minimum Gasteiger partial charge on any atom is -0.491 e. The van der Waals surface area contributed by atoms with Gasteiger partial charge in [-0.25, -0.2) is 0 Å². The van der Waals surface area contributed by atoms with Crippen LogP contribution in [0, 0.1) is 0 Å². The molecule has 1 fully saturated rings. The highest BCUT2D eigenvalue weighted by atomic mass is 16.5. The number of rotatable bonds is 6. The maximum atomic E-state index is 10.5. The Hall–Kier alpha value is -3.02. The Bertz CT molecular complexity index is 1120. The zero-order chi connectivity index (χ0) is 20.3.